The summed E-state index contributed by atoms with van der Waals surface area (Å²) >= 11 is 0. The van der Waals surface area contributed by atoms with E-state index in [0.717, 1.165) is 55.1 Å². The lowest BCUT2D eigenvalue weighted by atomic mass is 9.98. The molecule has 6 aromatic carbocycles. The van der Waals surface area contributed by atoms with E-state index in [2.05, 4.69) is 87.4 Å². The van der Waals surface area contributed by atoms with E-state index in [1.54, 1.807) is 28.4 Å². The van der Waals surface area contributed by atoms with Crippen molar-refractivity contribution in [3.8, 4) is 23.0 Å². The van der Waals surface area contributed by atoms with E-state index < -0.39 is 0 Å². The van der Waals surface area contributed by atoms with Crippen LogP contribution < -0.4 is 62.0 Å². The Balaban J connectivity index is 0.00000729. The molecule has 0 amide bonds. The first-order valence-electron chi connectivity index (χ1n) is 31.4. The number of benzene rings is 6. The molecule has 28 heteroatoms. The Bertz CT molecular complexity index is 3400. The van der Waals surface area contributed by atoms with Gasteiger partial charge in [-0.3, -0.25) is 0 Å². The van der Waals surface area contributed by atoms with Crippen molar-refractivity contribution in [2.75, 3.05) is 187 Å². The molecular weight excluding hydrogens is 1370 g/mol. The minimum Gasteiger partial charge on any atom is -1.00 e. The number of halogens is 2. The average molecular weight is 1460 g/mol. The second-order valence-corrected chi connectivity index (χ2v) is 21.2. The molecule has 0 fully saturated rings. The number of hydrogen-bond acceptors (Lipinski definition) is 18. The molecule has 0 atom stereocenters. The third-order valence-electron chi connectivity index (χ3n) is 14.7. The van der Waals surface area contributed by atoms with E-state index in [1.807, 2.05) is 72.8 Å². The molecule has 0 bridgehead atoms. The summed E-state index contributed by atoms with van der Waals surface area (Å²) in [6.45, 7) is 11.5. The van der Waals surface area contributed by atoms with E-state index >= 15 is 0 Å². The first kappa shape index (κ1) is 77.8. The predicted molar refractivity (Wildman–Crippen MR) is 351 cm³/mol. The number of fused-ring (bicyclic) bond motifs is 3. The third kappa shape index (κ3) is 25.4. The Morgan fingerprint density at radius 1 is 0.365 bits per heavy atom. The molecule has 96 heavy (non-hydrogen) atoms. The molecule has 2 aromatic heterocycles. The summed E-state index contributed by atoms with van der Waals surface area (Å²) in [5, 5.41) is 9.79. The van der Waals surface area contributed by atoms with Gasteiger partial charge in [0.05, 0.1) is 132 Å². The zero-order valence-corrected chi connectivity index (χ0v) is 58.3. The second-order valence-electron chi connectivity index (χ2n) is 21.2. The molecule has 26 nitrogen and oxygen atoms in total. The third-order valence-corrected chi connectivity index (χ3v) is 14.7. The zero-order chi connectivity index (χ0) is 65.6. The van der Waals surface area contributed by atoms with Gasteiger partial charge in [-0.1, -0.05) is 95.2 Å². The highest BCUT2D eigenvalue weighted by molar-refractivity contribution is 5.89. The van der Waals surface area contributed by atoms with Crippen molar-refractivity contribution in [3.05, 3.63) is 165 Å². The lowest BCUT2D eigenvalue weighted by Crippen LogP contribution is -3.00. The summed E-state index contributed by atoms with van der Waals surface area (Å²) < 4.78 is 101. The van der Waals surface area contributed by atoms with Crippen LogP contribution in [0.25, 0.3) is 53.7 Å². The normalized spacial score (nSPS) is 11.2. The highest BCUT2D eigenvalue weighted by Gasteiger charge is 2.26. The minimum atomic E-state index is 0. The highest BCUT2D eigenvalue weighted by Crippen LogP contribution is 2.36. The number of methoxy groups -OCH3 is 4. The molecule has 2 heterocycles. The number of ether oxygens (including phenoxy) is 16. The number of azide groups is 2. The summed E-state index contributed by atoms with van der Waals surface area (Å²) in [6, 6.07) is 36.0. The van der Waals surface area contributed by atoms with Crippen LogP contribution in [0.5, 0.6) is 23.0 Å². The fourth-order valence-electron chi connectivity index (χ4n) is 10.2. The van der Waals surface area contributed by atoms with E-state index in [1.165, 1.54) is 0 Å². The van der Waals surface area contributed by atoms with E-state index in [9.17, 15) is 0 Å². The maximum Gasteiger partial charge on any atom is 0.245 e. The van der Waals surface area contributed by atoms with Crippen LogP contribution in [0.4, 0.5) is 11.4 Å². The quantitative estimate of drug-likeness (QED) is 0.0173. The van der Waals surface area contributed by atoms with Crippen molar-refractivity contribution in [3.63, 3.8) is 0 Å². The molecule has 0 aliphatic carbocycles. The first-order valence-corrected chi connectivity index (χ1v) is 31.4. The molecular formula is C68H88Br2N10O16. The average Bonchev–Trinajstić information content (AvgIpc) is 1.27. The second kappa shape index (κ2) is 45.3. The molecule has 0 saturated heterocycles. The Morgan fingerprint density at radius 2 is 0.656 bits per heavy atom. The summed E-state index contributed by atoms with van der Waals surface area (Å²) in [4.78, 5) is 5.96. The zero-order valence-electron chi connectivity index (χ0n) is 55.1. The smallest absolute Gasteiger partial charge is 0.245 e. The molecule has 0 N–H and O–H groups in total. The van der Waals surface area contributed by atoms with E-state index in [4.69, 9.17) is 86.9 Å². The van der Waals surface area contributed by atoms with Crippen molar-refractivity contribution >= 4 is 44.2 Å². The molecule has 8 rings (SSSR count). The van der Waals surface area contributed by atoms with Gasteiger partial charge in [-0.15, -0.1) is 0 Å². The first-order chi connectivity index (χ1) is 46.4. The van der Waals surface area contributed by atoms with Gasteiger partial charge in [-0.05, 0) is 33.0 Å². The Labute approximate surface area is 580 Å². The lowest BCUT2D eigenvalue weighted by molar-refractivity contribution is -0.663. The summed E-state index contributed by atoms with van der Waals surface area (Å²) in [5.41, 5.74) is 27.1. The van der Waals surface area contributed by atoms with Crippen LogP contribution >= 0.6 is 0 Å². The van der Waals surface area contributed by atoms with Crippen molar-refractivity contribution in [2.24, 2.45) is 10.2 Å². The molecule has 0 spiro atoms. The maximum absolute atomic E-state index is 9.16. The van der Waals surface area contributed by atoms with Gasteiger partial charge in [-0.25, -0.2) is 18.3 Å². The molecule has 8 aromatic rings. The lowest BCUT2D eigenvalue weighted by Gasteiger charge is -2.14. The number of rotatable bonds is 50. The van der Waals surface area contributed by atoms with Crippen LogP contribution in [0.15, 0.2) is 132 Å². The maximum atomic E-state index is 9.16. The van der Waals surface area contributed by atoms with Gasteiger partial charge < -0.3 is 110 Å². The molecule has 0 aliphatic rings. The predicted octanol–water partition coefficient (Wildman–Crippen LogP) is 3.64. The SMILES string of the molecule is COCCOCCOCCOc1cc2c(cc1OCCOCCOCCOC)[n+](Cc1ccc(N=[N+]=[N-])cc1)cn2Cc1cccc2cccc(Cn3c[n+](Cc4ccc(N=[N+]=[N-])cc4)c4cc(OCCOCCOCCOC)c(OCCOCCOCCOC)cc43)c12.[Br-].[Br-]. The van der Waals surface area contributed by atoms with E-state index in [0.29, 0.717) is 193 Å². The molecule has 0 aliphatic heterocycles. The molecule has 0 unspecified atom stereocenters. The Hall–Kier alpha value is -7.18. The van der Waals surface area contributed by atoms with E-state index in [-0.39, 0.29) is 60.4 Å². The number of imidazole rings is 2. The van der Waals surface area contributed by atoms with Crippen LogP contribution in [0, 0.1) is 0 Å². The number of nitrogens with zero attached hydrogens (tertiary/aromatic N) is 10. The van der Waals surface area contributed by atoms with Crippen molar-refractivity contribution in [1.82, 2.24) is 9.13 Å². The minimum absolute atomic E-state index is 0. The fourth-order valence-corrected chi connectivity index (χ4v) is 10.2. The van der Waals surface area contributed by atoms with Crippen molar-refractivity contribution in [2.45, 2.75) is 26.2 Å². The van der Waals surface area contributed by atoms with Gasteiger partial charge in [-0.2, -0.15) is 0 Å². The van der Waals surface area contributed by atoms with Crippen molar-refractivity contribution in [1.29, 1.82) is 0 Å². The molecule has 520 valence electrons. The van der Waals surface area contributed by atoms with Crippen LogP contribution in [-0.4, -0.2) is 196 Å². The van der Waals surface area contributed by atoms with Gasteiger partial charge in [0.2, 0.25) is 12.7 Å². The highest BCUT2D eigenvalue weighted by atomic mass is 79.9. The van der Waals surface area contributed by atoms with Crippen LogP contribution in [0.3, 0.4) is 0 Å². The van der Waals surface area contributed by atoms with Gasteiger partial charge in [0.25, 0.3) is 0 Å². The molecule has 0 saturated carbocycles. The number of hydrogen-bond donors (Lipinski definition) is 0. The fraction of sp³-hybridized carbons (Fsp3) is 0.471. The van der Waals surface area contributed by atoms with Crippen molar-refractivity contribution < 1.29 is 119 Å². The topological polar surface area (TPSA) is 263 Å². The largest absolute Gasteiger partial charge is 1.00 e. The van der Waals surface area contributed by atoms with Gasteiger partial charge >= 0.3 is 0 Å². The van der Waals surface area contributed by atoms with Gasteiger partial charge in [0, 0.05) is 85.0 Å². The summed E-state index contributed by atoms with van der Waals surface area (Å²) in [7, 11) is 6.56. The van der Waals surface area contributed by atoms with Crippen LogP contribution in [0.2, 0.25) is 0 Å². The Kier molecular flexibility index (Phi) is 36.8. The monoisotopic (exact) mass is 1460 g/mol. The number of aromatic nitrogens is 4. The van der Waals surface area contributed by atoms with Crippen LogP contribution in [0.1, 0.15) is 22.3 Å². The standard InChI is InChI=1S/C68H88N10O16.2BrH/c1-79-19-23-83-27-31-87-35-39-91-64-43-60-62(45-66(64)93-41-37-89-33-29-85-25-21-81-3)77(51-75(60)47-53-11-15-58(16-12-53)71-73-69)49-56-9-5-7-55-8-6-10-57(68(55)56)50-78-52-76(48-54-13-17-59(18-14-54)72-74-70)61-44-65(92-40-36-88-32-28-84-24-20-80-2)67(46-63(61)78)94-42-38-90-34-30-86-26-22-82-4;;/h5-18,43-46,51-52H,19-42,47-50H2,1-4H3;2*1H/q+2;;/p-2. The van der Waals surface area contributed by atoms with Gasteiger partial charge in [0.15, 0.2) is 45.1 Å². The summed E-state index contributed by atoms with van der Waals surface area (Å²) in [5.74, 6) is 2.16. The van der Waals surface area contributed by atoms with Gasteiger partial charge in [0.1, 0.15) is 52.6 Å². The summed E-state index contributed by atoms with van der Waals surface area (Å²) in [6.07, 6.45) is 4.24. The van der Waals surface area contributed by atoms with Crippen LogP contribution in [-0.2, 0) is 83.0 Å². The Morgan fingerprint density at radius 3 is 0.958 bits per heavy atom. The molecule has 0 radical (unpaired) electrons.